The van der Waals surface area contributed by atoms with Gasteiger partial charge in [-0.2, -0.15) is 4.98 Å². The molecular weight excluding hydrogens is 280 g/mol. The van der Waals surface area contributed by atoms with Gasteiger partial charge in [0.1, 0.15) is 17.3 Å². The highest BCUT2D eigenvalue weighted by molar-refractivity contribution is 5.63. The molecule has 0 spiro atoms. The normalized spacial score (nSPS) is 14.1. The van der Waals surface area contributed by atoms with Gasteiger partial charge in [0.2, 0.25) is 5.62 Å². The van der Waals surface area contributed by atoms with Crippen LogP contribution in [-0.2, 0) is 0 Å². The molecule has 1 fully saturated rings. The summed E-state index contributed by atoms with van der Waals surface area (Å²) in [4.78, 5) is 6.43. The molecule has 22 heavy (non-hydrogen) atoms. The number of phenols is 1. The van der Waals surface area contributed by atoms with Gasteiger partial charge < -0.3 is 14.7 Å². The highest BCUT2D eigenvalue weighted by atomic mass is 16.5. The molecule has 3 rings (SSSR count). The number of rotatable bonds is 4. The summed E-state index contributed by atoms with van der Waals surface area (Å²) in [5, 5.41) is 17.6. The average molecular weight is 298 g/mol. The second-order valence-corrected chi connectivity index (χ2v) is 5.14. The lowest BCUT2D eigenvalue weighted by molar-refractivity contribution is 0.407. The highest BCUT2D eigenvalue weighted by Gasteiger charge is 2.15. The molecule has 2 aromatic rings. The Balaban J connectivity index is 1.83. The zero-order chi connectivity index (χ0) is 15.5. The quantitative estimate of drug-likeness (QED) is 0.904. The van der Waals surface area contributed by atoms with Crippen molar-refractivity contribution in [3.63, 3.8) is 0 Å². The molecule has 114 valence electrons. The second kappa shape index (κ2) is 5.93. The Morgan fingerprint density at radius 2 is 2.14 bits per heavy atom. The van der Waals surface area contributed by atoms with Crippen molar-refractivity contribution in [3.05, 3.63) is 41.6 Å². The fraction of sp³-hybridized carbons (Fsp3) is 0.250. The molecule has 0 aliphatic carbocycles. The van der Waals surface area contributed by atoms with Gasteiger partial charge in [-0.25, -0.2) is 0 Å². The summed E-state index contributed by atoms with van der Waals surface area (Å²) in [5.74, 6) is 1.57. The van der Waals surface area contributed by atoms with Crippen LogP contribution < -0.4 is 15.3 Å². The Kier molecular flexibility index (Phi) is 3.82. The molecular formula is C16H18N4O2. The summed E-state index contributed by atoms with van der Waals surface area (Å²) in [7, 11) is 1.55. The van der Waals surface area contributed by atoms with Gasteiger partial charge in [-0.15, -0.1) is 0 Å². The van der Waals surface area contributed by atoms with Crippen LogP contribution in [0.15, 0.2) is 30.5 Å². The molecule has 6 heteroatoms. The number of aromatic hydroxyl groups is 1. The van der Waals surface area contributed by atoms with Crippen molar-refractivity contribution in [2.24, 2.45) is 0 Å². The Morgan fingerprint density at radius 3 is 2.77 bits per heavy atom. The Hall–Kier alpha value is -2.76. The molecule has 0 unspecified atom stereocenters. The molecule has 1 aliphatic rings. The van der Waals surface area contributed by atoms with Crippen molar-refractivity contribution < 1.29 is 9.84 Å². The molecule has 6 nitrogen and oxygen atoms in total. The van der Waals surface area contributed by atoms with E-state index in [-0.39, 0.29) is 11.4 Å². The zero-order valence-electron chi connectivity index (χ0n) is 12.4. The van der Waals surface area contributed by atoms with Crippen molar-refractivity contribution in [2.75, 3.05) is 25.1 Å². The number of nitrogens with zero attached hydrogens (tertiary/aromatic N) is 3. The van der Waals surface area contributed by atoms with Crippen LogP contribution >= 0.6 is 0 Å². The number of phenolic OH excluding ortho intramolecular Hbond substituents is 1. The van der Waals surface area contributed by atoms with E-state index in [1.54, 1.807) is 36.1 Å². The van der Waals surface area contributed by atoms with Gasteiger partial charge in [0.15, 0.2) is 0 Å². The molecule has 0 amide bonds. The lowest BCUT2D eigenvalue weighted by Gasteiger charge is -2.31. The van der Waals surface area contributed by atoms with Gasteiger partial charge in [-0.05, 0) is 36.3 Å². The van der Waals surface area contributed by atoms with Crippen LogP contribution in [-0.4, -0.2) is 34.9 Å². The number of methoxy groups -OCH3 is 1. The monoisotopic (exact) mass is 298 g/mol. The van der Waals surface area contributed by atoms with E-state index >= 15 is 0 Å². The number of nitrogens with one attached hydrogen (secondary N) is 1. The van der Waals surface area contributed by atoms with E-state index in [9.17, 15) is 5.11 Å². The Bertz CT molecular complexity index is 763. The van der Waals surface area contributed by atoms with E-state index in [0.29, 0.717) is 5.75 Å². The third kappa shape index (κ3) is 2.95. The molecule has 1 saturated heterocycles. The summed E-state index contributed by atoms with van der Waals surface area (Å²) >= 11 is 0. The Morgan fingerprint density at radius 1 is 1.32 bits per heavy atom. The van der Waals surface area contributed by atoms with Gasteiger partial charge in [-0.1, -0.05) is 0 Å². The number of benzene rings is 1. The molecule has 0 radical (unpaired) electrons. The van der Waals surface area contributed by atoms with Crippen LogP contribution in [0.1, 0.15) is 12.0 Å². The van der Waals surface area contributed by atoms with Crippen LogP contribution in [0.4, 0.5) is 5.82 Å². The first-order chi connectivity index (χ1) is 10.7. The van der Waals surface area contributed by atoms with E-state index < -0.39 is 0 Å². The standard InChI is InChI=1S/C16H18N4O2/c1-22-14-10-12(9-13(21)11-14)3-7-20-8-4-15(18-16(20)17)19-5-2-6-19/h3-4,7-11,17,21H,2,5-6H2,1H3/b7-3+,17-16?. The summed E-state index contributed by atoms with van der Waals surface area (Å²) in [5.41, 5.74) is 0.961. The topological polar surface area (TPSA) is 74.4 Å². The maximum absolute atomic E-state index is 9.63. The van der Waals surface area contributed by atoms with Crippen molar-refractivity contribution in [1.29, 1.82) is 5.41 Å². The smallest absolute Gasteiger partial charge is 0.228 e. The van der Waals surface area contributed by atoms with E-state index in [1.165, 1.54) is 6.42 Å². The number of ether oxygens (including phenoxy) is 1. The fourth-order valence-corrected chi connectivity index (χ4v) is 2.25. The van der Waals surface area contributed by atoms with Gasteiger partial charge in [0.25, 0.3) is 0 Å². The molecule has 2 heterocycles. The predicted octanol–water partition coefficient (Wildman–Crippen LogP) is 1.91. The van der Waals surface area contributed by atoms with Crippen molar-refractivity contribution in [2.45, 2.75) is 6.42 Å². The third-order valence-corrected chi connectivity index (χ3v) is 3.61. The highest BCUT2D eigenvalue weighted by Crippen LogP contribution is 2.22. The number of hydrogen-bond acceptors (Lipinski definition) is 5. The first-order valence-electron chi connectivity index (χ1n) is 7.11. The van der Waals surface area contributed by atoms with Crippen LogP contribution in [0.25, 0.3) is 12.3 Å². The predicted molar refractivity (Wildman–Crippen MR) is 84.8 cm³/mol. The van der Waals surface area contributed by atoms with Crippen molar-refractivity contribution in [1.82, 2.24) is 9.55 Å². The lowest BCUT2D eigenvalue weighted by Crippen LogP contribution is -2.39. The SMILES string of the molecule is COc1cc(O)cc(/C=C/n2ccc(N3CCC3)nc2=N)c1. The van der Waals surface area contributed by atoms with Gasteiger partial charge >= 0.3 is 0 Å². The van der Waals surface area contributed by atoms with Crippen molar-refractivity contribution >= 4 is 18.1 Å². The van der Waals surface area contributed by atoms with E-state index in [0.717, 1.165) is 24.5 Å². The molecule has 0 atom stereocenters. The van der Waals surface area contributed by atoms with Gasteiger partial charge in [0, 0.05) is 31.6 Å². The Labute approximate surface area is 128 Å². The zero-order valence-corrected chi connectivity index (χ0v) is 12.4. The molecule has 1 aliphatic heterocycles. The molecule has 0 bridgehead atoms. The number of anilines is 1. The molecule has 1 aromatic heterocycles. The first-order valence-corrected chi connectivity index (χ1v) is 7.11. The summed E-state index contributed by atoms with van der Waals surface area (Å²) in [6, 6.07) is 6.89. The number of aromatic nitrogens is 2. The minimum atomic E-state index is 0.140. The maximum atomic E-state index is 9.63. The molecule has 1 aromatic carbocycles. The molecule has 2 N–H and O–H groups in total. The largest absolute Gasteiger partial charge is 0.508 e. The van der Waals surface area contributed by atoms with Crippen LogP contribution in [0.2, 0.25) is 0 Å². The average Bonchev–Trinajstić information content (AvgIpc) is 2.44. The summed E-state index contributed by atoms with van der Waals surface area (Å²) < 4.78 is 6.74. The second-order valence-electron chi connectivity index (χ2n) is 5.14. The van der Waals surface area contributed by atoms with E-state index in [1.807, 2.05) is 18.3 Å². The van der Waals surface area contributed by atoms with Crippen molar-refractivity contribution in [3.8, 4) is 11.5 Å². The lowest BCUT2D eigenvalue weighted by atomic mass is 10.2. The van der Waals surface area contributed by atoms with Crippen LogP contribution in [0.5, 0.6) is 11.5 Å². The van der Waals surface area contributed by atoms with Gasteiger partial charge in [0.05, 0.1) is 7.11 Å². The van der Waals surface area contributed by atoms with E-state index in [4.69, 9.17) is 10.1 Å². The first kappa shape index (κ1) is 14.2. The van der Waals surface area contributed by atoms with E-state index in [2.05, 4.69) is 9.88 Å². The number of hydrogen-bond donors (Lipinski definition) is 2. The molecule has 0 saturated carbocycles. The maximum Gasteiger partial charge on any atom is 0.228 e. The fourth-order valence-electron chi connectivity index (χ4n) is 2.25. The van der Waals surface area contributed by atoms with Crippen LogP contribution in [0.3, 0.4) is 0 Å². The van der Waals surface area contributed by atoms with Gasteiger partial charge in [-0.3, -0.25) is 9.98 Å². The minimum absolute atomic E-state index is 0.140. The summed E-state index contributed by atoms with van der Waals surface area (Å²) in [6.07, 6.45) is 6.54. The minimum Gasteiger partial charge on any atom is -0.508 e. The van der Waals surface area contributed by atoms with Crippen LogP contribution in [0, 0.1) is 5.41 Å². The summed E-state index contributed by atoms with van der Waals surface area (Å²) in [6.45, 7) is 2.02. The third-order valence-electron chi connectivity index (χ3n) is 3.61.